The van der Waals surface area contributed by atoms with Gasteiger partial charge in [0.2, 0.25) is 11.8 Å². The van der Waals surface area contributed by atoms with E-state index in [0.29, 0.717) is 10.6 Å². The van der Waals surface area contributed by atoms with Gasteiger partial charge in [-0.05, 0) is 17.7 Å². The van der Waals surface area contributed by atoms with E-state index in [2.05, 4.69) is 5.32 Å². The summed E-state index contributed by atoms with van der Waals surface area (Å²) in [6, 6.07) is 6.78. The van der Waals surface area contributed by atoms with Crippen LogP contribution in [0.1, 0.15) is 11.5 Å². The molecular weight excluding hydrogens is 237 g/mol. The molecule has 0 spiro atoms. The van der Waals surface area contributed by atoms with Crippen molar-refractivity contribution in [2.75, 3.05) is 0 Å². The van der Waals surface area contributed by atoms with Crippen molar-refractivity contribution in [2.24, 2.45) is 0 Å². The summed E-state index contributed by atoms with van der Waals surface area (Å²) in [5, 5.41) is 1.85. The number of halogens is 2. The molecule has 5 heteroatoms. The number of benzene rings is 1. The number of hydrogen-bond acceptors (Lipinski definition) is 2. The average Bonchev–Trinajstić information content (AvgIpc) is 2.41. The zero-order valence-corrected chi connectivity index (χ0v) is 9.05. The molecule has 2 atom stereocenters. The van der Waals surface area contributed by atoms with Crippen LogP contribution in [-0.2, 0) is 9.59 Å². The molecular formula is C10H7Cl2NO2. The first-order valence-electron chi connectivity index (χ1n) is 4.34. The van der Waals surface area contributed by atoms with Crippen molar-refractivity contribution >= 4 is 35.0 Å². The SMILES string of the molecule is O=C1NC(=O)C(c2cccc(Cl)c2)C1Cl. The smallest absolute Gasteiger partial charge is 0.245 e. The Hall–Kier alpha value is -1.06. The van der Waals surface area contributed by atoms with Crippen molar-refractivity contribution in [1.29, 1.82) is 0 Å². The predicted molar refractivity (Wildman–Crippen MR) is 57.0 cm³/mol. The Labute approximate surface area is 96.4 Å². The highest BCUT2D eigenvalue weighted by atomic mass is 35.5. The van der Waals surface area contributed by atoms with Gasteiger partial charge >= 0.3 is 0 Å². The largest absolute Gasteiger partial charge is 0.295 e. The van der Waals surface area contributed by atoms with Gasteiger partial charge in [0.25, 0.3) is 0 Å². The van der Waals surface area contributed by atoms with Gasteiger partial charge < -0.3 is 0 Å². The van der Waals surface area contributed by atoms with E-state index in [1.807, 2.05) is 0 Å². The first-order valence-corrected chi connectivity index (χ1v) is 5.15. The number of carbonyl (C=O) groups is 2. The van der Waals surface area contributed by atoms with Gasteiger partial charge in [0.1, 0.15) is 5.38 Å². The van der Waals surface area contributed by atoms with E-state index < -0.39 is 17.2 Å². The number of imide groups is 1. The van der Waals surface area contributed by atoms with Crippen LogP contribution >= 0.6 is 23.2 Å². The molecule has 78 valence electrons. The Morgan fingerprint density at radius 3 is 2.47 bits per heavy atom. The van der Waals surface area contributed by atoms with Crippen molar-refractivity contribution < 1.29 is 9.59 Å². The molecule has 1 fully saturated rings. The van der Waals surface area contributed by atoms with E-state index in [1.165, 1.54) is 0 Å². The van der Waals surface area contributed by atoms with Crippen LogP contribution in [0.25, 0.3) is 0 Å². The number of nitrogens with one attached hydrogen (secondary N) is 1. The second kappa shape index (κ2) is 3.83. The van der Waals surface area contributed by atoms with Crippen molar-refractivity contribution in [3.63, 3.8) is 0 Å². The molecule has 2 amide bonds. The highest BCUT2D eigenvalue weighted by Crippen LogP contribution is 2.29. The maximum absolute atomic E-state index is 11.4. The molecule has 0 saturated carbocycles. The summed E-state index contributed by atoms with van der Waals surface area (Å²) < 4.78 is 0. The van der Waals surface area contributed by atoms with E-state index in [0.717, 1.165) is 0 Å². The van der Waals surface area contributed by atoms with Crippen LogP contribution in [0.15, 0.2) is 24.3 Å². The first kappa shape index (κ1) is 10.5. The monoisotopic (exact) mass is 243 g/mol. The summed E-state index contributed by atoms with van der Waals surface area (Å²) in [4.78, 5) is 22.6. The standard InChI is InChI=1S/C10H7Cl2NO2/c11-6-3-1-2-5(4-6)7-8(12)10(15)13-9(7)14/h1-4,7-8H,(H,13,14,15). The number of carbonyl (C=O) groups excluding carboxylic acids is 2. The fraction of sp³-hybridized carbons (Fsp3) is 0.200. The second-order valence-electron chi connectivity index (χ2n) is 3.29. The van der Waals surface area contributed by atoms with Crippen molar-refractivity contribution in [3.05, 3.63) is 34.9 Å². The third-order valence-corrected chi connectivity index (χ3v) is 2.97. The van der Waals surface area contributed by atoms with Gasteiger partial charge in [0.05, 0.1) is 5.92 Å². The highest BCUT2D eigenvalue weighted by Gasteiger charge is 2.41. The van der Waals surface area contributed by atoms with Crippen LogP contribution in [0.2, 0.25) is 5.02 Å². The molecule has 2 rings (SSSR count). The van der Waals surface area contributed by atoms with Crippen LogP contribution in [0, 0.1) is 0 Å². The molecule has 15 heavy (non-hydrogen) atoms. The molecule has 0 aliphatic carbocycles. The van der Waals surface area contributed by atoms with Crippen LogP contribution in [-0.4, -0.2) is 17.2 Å². The minimum absolute atomic E-state index is 0.373. The summed E-state index contributed by atoms with van der Waals surface area (Å²) >= 11 is 11.6. The maximum Gasteiger partial charge on any atom is 0.245 e. The normalized spacial score (nSPS) is 25.5. The molecule has 0 radical (unpaired) electrons. The minimum atomic E-state index is -0.851. The fourth-order valence-corrected chi connectivity index (χ4v) is 2.09. The van der Waals surface area contributed by atoms with E-state index in [-0.39, 0.29) is 5.91 Å². The molecule has 3 nitrogen and oxygen atoms in total. The van der Waals surface area contributed by atoms with Gasteiger partial charge in [-0.1, -0.05) is 23.7 Å². The Bertz CT molecular complexity index is 433. The maximum atomic E-state index is 11.4. The lowest BCUT2D eigenvalue weighted by Gasteiger charge is -2.09. The third kappa shape index (κ3) is 1.85. The van der Waals surface area contributed by atoms with E-state index >= 15 is 0 Å². The lowest BCUT2D eigenvalue weighted by Crippen LogP contribution is -2.22. The molecule has 0 aromatic heterocycles. The highest BCUT2D eigenvalue weighted by molar-refractivity contribution is 6.37. The van der Waals surface area contributed by atoms with Crippen LogP contribution in [0.4, 0.5) is 0 Å². The first-order chi connectivity index (χ1) is 7.09. The summed E-state index contributed by atoms with van der Waals surface area (Å²) in [5.41, 5.74) is 0.658. The van der Waals surface area contributed by atoms with Crippen LogP contribution in [0.3, 0.4) is 0 Å². The predicted octanol–water partition coefficient (Wildman–Crippen LogP) is 1.69. The van der Waals surface area contributed by atoms with Crippen LogP contribution < -0.4 is 5.32 Å². The Kier molecular flexibility index (Phi) is 2.67. The lowest BCUT2D eigenvalue weighted by molar-refractivity contribution is -0.125. The van der Waals surface area contributed by atoms with Gasteiger partial charge in [-0.2, -0.15) is 0 Å². The molecule has 2 unspecified atom stereocenters. The lowest BCUT2D eigenvalue weighted by atomic mass is 9.97. The Morgan fingerprint density at radius 2 is 1.93 bits per heavy atom. The van der Waals surface area contributed by atoms with E-state index in [1.54, 1.807) is 24.3 Å². The molecule has 1 aliphatic rings. The van der Waals surface area contributed by atoms with Crippen molar-refractivity contribution in [1.82, 2.24) is 5.32 Å². The number of hydrogen-bond donors (Lipinski definition) is 1. The fourth-order valence-electron chi connectivity index (χ4n) is 1.57. The Morgan fingerprint density at radius 1 is 1.20 bits per heavy atom. The van der Waals surface area contributed by atoms with Gasteiger partial charge in [0, 0.05) is 5.02 Å². The van der Waals surface area contributed by atoms with Crippen molar-refractivity contribution in [3.8, 4) is 0 Å². The van der Waals surface area contributed by atoms with E-state index in [9.17, 15) is 9.59 Å². The van der Waals surface area contributed by atoms with Gasteiger partial charge in [-0.3, -0.25) is 14.9 Å². The van der Waals surface area contributed by atoms with E-state index in [4.69, 9.17) is 23.2 Å². The minimum Gasteiger partial charge on any atom is -0.295 e. The van der Waals surface area contributed by atoms with Gasteiger partial charge in [-0.15, -0.1) is 11.6 Å². The summed E-state index contributed by atoms with van der Waals surface area (Å²) in [7, 11) is 0. The quantitative estimate of drug-likeness (QED) is 0.603. The summed E-state index contributed by atoms with van der Waals surface area (Å²) in [6.45, 7) is 0. The topological polar surface area (TPSA) is 46.2 Å². The third-order valence-electron chi connectivity index (χ3n) is 2.28. The molecule has 1 saturated heterocycles. The average molecular weight is 244 g/mol. The summed E-state index contributed by atoms with van der Waals surface area (Å²) in [5.74, 6) is -1.47. The van der Waals surface area contributed by atoms with Gasteiger partial charge in [-0.25, -0.2) is 0 Å². The molecule has 1 aromatic carbocycles. The number of alkyl halides is 1. The zero-order chi connectivity index (χ0) is 11.0. The number of amides is 2. The summed E-state index contributed by atoms with van der Waals surface area (Å²) in [6.07, 6.45) is 0. The van der Waals surface area contributed by atoms with Crippen molar-refractivity contribution in [2.45, 2.75) is 11.3 Å². The number of rotatable bonds is 1. The second-order valence-corrected chi connectivity index (χ2v) is 4.19. The zero-order valence-electron chi connectivity index (χ0n) is 7.54. The van der Waals surface area contributed by atoms with Crippen LogP contribution in [0.5, 0.6) is 0 Å². The molecule has 1 N–H and O–H groups in total. The Balaban J connectivity index is 2.39. The van der Waals surface area contributed by atoms with Gasteiger partial charge in [0.15, 0.2) is 0 Å². The molecule has 0 bridgehead atoms. The molecule has 1 heterocycles. The molecule has 1 aliphatic heterocycles. The molecule has 1 aromatic rings.